The molecule has 3 rings (SSSR count). The first kappa shape index (κ1) is 13.9. The molecule has 1 aromatic carbocycles. The number of piperidine rings is 1. The minimum absolute atomic E-state index is 0.0904. The van der Waals surface area contributed by atoms with Crippen molar-refractivity contribution < 1.29 is 4.79 Å². The van der Waals surface area contributed by atoms with Gasteiger partial charge in [0.05, 0.1) is 12.1 Å². The van der Waals surface area contributed by atoms with Gasteiger partial charge in [-0.1, -0.05) is 6.07 Å². The van der Waals surface area contributed by atoms with Gasteiger partial charge in [-0.2, -0.15) is 0 Å². The van der Waals surface area contributed by atoms with Gasteiger partial charge in [-0.05, 0) is 36.4 Å². The van der Waals surface area contributed by atoms with E-state index in [1.807, 2.05) is 12.1 Å². The summed E-state index contributed by atoms with van der Waals surface area (Å²) in [5, 5.41) is 3.92. The molecule has 0 unspecified atom stereocenters. The Morgan fingerprint density at radius 3 is 2.81 bits per heavy atom. The molecule has 1 aliphatic rings. The van der Waals surface area contributed by atoms with Crippen molar-refractivity contribution in [3.05, 3.63) is 30.5 Å². The molecule has 1 saturated heterocycles. The molecular weight excluding hydrogens is 264 g/mol. The fraction of sp³-hybridized carbons (Fsp3) is 0.438. The van der Waals surface area contributed by atoms with Crippen LogP contribution in [0.2, 0.25) is 0 Å². The maximum atomic E-state index is 11.4. The summed E-state index contributed by atoms with van der Waals surface area (Å²) in [6.07, 6.45) is 4.29. The molecule has 1 fully saturated rings. The number of hydrogen-bond acceptors (Lipinski definition) is 3. The predicted molar refractivity (Wildman–Crippen MR) is 85.1 cm³/mol. The summed E-state index contributed by atoms with van der Waals surface area (Å²) in [6, 6.07) is 8.70. The first-order valence-electron chi connectivity index (χ1n) is 7.46. The molecule has 1 amide bonds. The Labute approximate surface area is 124 Å². The number of benzene rings is 1. The van der Waals surface area contributed by atoms with E-state index in [4.69, 9.17) is 5.73 Å². The molecular formula is C16H22N4O. The molecule has 0 saturated carbocycles. The van der Waals surface area contributed by atoms with Gasteiger partial charge >= 0.3 is 0 Å². The quantitative estimate of drug-likeness (QED) is 0.843. The number of carbonyl (C=O) groups excluding carboxylic acids is 1. The van der Waals surface area contributed by atoms with Gasteiger partial charge in [-0.15, -0.1) is 0 Å². The number of amides is 1. The third-order valence-electron chi connectivity index (χ3n) is 4.34. The van der Waals surface area contributed by atoms with Crippen LogP contribution in [0.25, 0.3) is 10.9 Å². The van der Waals surface area contributed by atoms with Gasteiger partial charge in [-0.25, -0.2) is 0 Å². The fourth-order valence-electron chi connectivity index (χ4n) is 3.12. The average molecular weight is 286 g/mol. The third kappa shape index (κ3) is 2.88. The summed E-state index contributed by atoms with van der Waals surface area (Å²) in [7, 11) is 1.69. The summed E-state index contributed by atoms with van der Waals surface area (Å²) < 4.78 is 2.34. The van der Waals surface area contributed by atoms with Gasteiger partial charge in [0.25, 0.3) is 0 Å². The number of anilines is 1. The Bertz CT molecular complexity index is 641. The van der Waals surface area contributed by atoms with Crippen molar-refractivity contribution in [1.29, 1.82) is 0 Å². The number of nitrogens with one attached hydrogen (secondary N) is 1. The summed E-state index contributed by atoms with van der Waals surface area (Å²) in [5.41, 5.74) is 7.92. The summed E-state index contributed by atoms with van der Waals surface area (Å²) in [5.74, 6) is 0.0904. The highest BCUT2D eigenvalue weighted by Crippen LogP contribution is 2.28. The molecule has 1 aromatic heterocycles. The number of nitrogens with two attached hydrogens (primary N) is 1. The molecule has 21 heavy (non-hydrogen) atoms. The molecule has 0 radical (unpaired) electrons. The largest absolute Gasteiger partial charge is 0.399 e. The number of nitrogen functional groups attached to an aromatic ring is 1. The van der Waals surface area contributed by atoms with Crippen molar-refractivity contribution >= 4 is 22.5 Å². The smallest absolute Gasteiger partial charge is 0.233 e. The van der Waals surface area contributed by atoms with E-state index in [-0.39, 0.29) is 5.91 Å². The van der Waals surface area contributed by atoms with Crippen LogP contribution >= 0.6 is 0 Å². The van der Waals surface area contributed by atoms with Gasteiger partial charge in [0.1, 0.15) is 0 Å². The number of likely N-dealkylation sites (N-methyl/N-ethyl adjacent to an activating group) is 1. The lowest BCUT2D eigenvalue weighted by atomic mass is 10.0. The molecule has 112 valence electrons. The van der Waals surface area contributed by atoms with Crippen molar-refractivity contribution in [1.82, 2.24) is 14.8 Å². The van der Waals surface area contributed by atoms with Crippen molar-refractivity contribution in [2.45, 2.75) is 18.9 Å². The van der Waals surface area contributed by atoms with Gasteiger partial charge in [-0.3, -0.25) is 9.69 Å². The van der Waals surface area contributed by atoms with Crippen molar-refractivity contribution in [3.63, 3.8) is 0 Å². The van der Waals surface area contributed by atoms with E-state index in [9.17, 15) is 4.79 Å². The monoisotopic (exact) mass is 286 g/mol. The Kier molecular flexibility index (Phi) is 3.84. The molecule has 3 N–H and O–H groups in total. The van der Waals surface area contributed by atoms with Crippen LogP contribution in [0.1, 0.15) is 18.9 Å². The van der Waals surface area contributed by atoms with E-state index in [0.29, 0.717) is 12.6 Å². The van der Waals surface area contributed by atoms with Crippen LogP contribution in [0, 0.1) is 0 Å². The number of rotatable bonds is 3. The highest BCUT2D eigenvalue weighted by molar-refractivity contribution is 5.83. The number of likely N-dealkylation sites (tertiary alicyclic amines) is 1. The standard InChI is InChI=1S/C16H22N4O/c1-18-16(21)11-19-7-5-14(6-8-19)20-9-4-12-2-3-13(17)10-15(12)20/h2-4,9-10,14H,5-8,11,17H2,1H3,(H,18,21). The first-order chi connectivity index (χ1) is 10.2. The zero-order valence-corrected chi connectivity index (χ0v) is 12.4. The first-order valence-corrected chi connectivity index (χ1v) is 7.46. The van der Waals surface area contributed by atoms with Crippen LogP contribution in [-0.4, -0.2) is 42.1 Å². The summed E-state index contributed by atoms with van der Waals surface area (Å²) in [6.45, 7) is 2.42. The molecule has 2 heterocycles. The molecule has 5 heteroatoms. The van der Waals surface area contributed by atoms with Gasteiger partial charge < -0.3 is 15.6 Å². The highest BCUT2D eigenvalue weighted by atomic mass is 16.1. The van der Waals surface area contributed by atoms with Crippen molar-refractivity contribution in [2.75, 3.05) is 32.4 Å². The lowest BCUT2D eigenvalue weighted by Gasteiger charge is -2.32. The van der Waals surface area contributed by atoms with Crippen LogP contribution in [0.5, 0.6) is 0 Å². The zero-order valence-electron chi connectivity index (χ0n) is 12.4. The average Bonchev–Trinajstić information content (AvgIpc) is 2.91. The second kappa shape index (κ2) is 5.77. The second-order valence-corrected chi connectivity index (χ2v) is 5.72. The summed E-state index contributed by atoms with van der Waals surface area (Å²) in [4.78, 5) is 13.6. The lowest BCUT2D eigenvalue weighted by molar-refractivity contribution is -0.122. The predicted octanol–water partition coefficient (Wildman–Crippen LogP) is 1.61. The molecule has 0 atom stereocenters. The van der Waals surface area contributed by atoms with Crippen LogP contribution in [0.15, 0.2) is 30.5 Å². The van der Waals surface area contributed by atoms with Gasteiger partial charge in [0, 0.05) is 38.1 Å². The molecule has 1 aliphatic heterocycles. The topological polar surface area (TPSA) is 63.3 Å². The Morgan fingerprint density at radius 1 is 1.33 bits per heavy atom. The number of nitrogens with zero attached hydrogens (tertiary/aromatic N) is 2. The van der Waals surface area contributed by atoms with Crippen molar-refractivity contribution in [3.8, 4) is 0 Å². The maximum Gasteiger partial charge on any atom is 0.233 e. The van der Waals surface area contributed by atoms with Crippen LogP contribution < -0.4 is 11.1 Å². The second-order valence-electron chi connectivity index (χ2n) is 5.72. The number of hydrogen-bond donors (Lipinski definition) is 2. The SMILES string of the molecule is CNC(=O)CN1CCC(n2ccc3ccc(N)cc32)CC1. The molecule has 0 spiro atoms. The Balaban J connectivity index is 1.71. The highest BCUT2D eigenvalue weighted by Gasteiger charge is 2.22. The van der Waals surface area contributed by atoms with E-state index in [1.54, 1.807) is 7.05 Å². The number of fused-ring (bicyclic) bond motifs is 1. The molecule has 0 bridgehead atoms. The minimum Gasteiger partial charge on any atom is -0.399 e. The van der Waals surface area contributed by atoms with Crippen LogP contribution in [-0.2, 0) is 4.79 Å². The van der Waals surface area contributed by atoms with E-state index < -0.39 is 0 Å². The number of carbonyl (C=O) groups is 1. The summed E-state index contributed by atoms with van der Waals surface area (Å²) >= 11 is 0. The van der Waals surface area contributed by atoms with Crippen LogP contribution in [0.4, 0.5) is 5.69 Å². The molecule has 5 nitrogen and oxygen atoms in total. The fourth-order valence-corrected chi connectivity index (χ4v) is 3.12. The third-order valence-corrected chi connectivity index (χ3v) is 4.34. The zero-order chi connectivity index (χ0) is 14.8. The molecule has 0 aliphatic carbocycles. The van der Waals surface area contributed by atoms with Gasteiger partial charge in [0.2, 0.25) is 5.91 Å². The van der Waals surface area contributed by atoms with E-state index in [0.717, 1.165) is 31.6 Å². The van der Waals surface area contributed by atoms with Crippen molar-refractivity contribution in [2.24, 2.45) is 0 Å². The number of aromatic nitrogens is 1. The Morgan fingerprint density at radius 2 is 2.10 bits per heavy atom. The molecule has 2 aromatic rings. The Hall–Kier alpha value is -2.01. The van der Waals surface area contributed by atoms with Gasteiger partial charge in [0.15, 0.2) is 0 Å². The minimum atomic E-state index is 0.0904. The van der Waals surface area contributed by atoms with E-state index in [1.165, 1.54) is 10.9 Å². The lowest BCUT2D eigenvalue weighted by Crippen LogP contribution is -2.40. The maximum absolute atomic E-state index is 11.4. The van der Waals surface area contributed by atoms with E-state index in [2.05, 4.69) is 33.1 Å². The van der Waals surface area contributed by atoms with E-state index >= 15 is 0 Å². The van der Waals surface area contributed by atoms with Crippen LogP contribution in [0.3, 0.4) is 0 Å². The normalized spacial score (nSPS) is 17.2.